The first-order valence-electron chi connectivity index (χ1n) is 7.83. The van der Waals surface area contributed by atoms with Crippen LogP contribution >= 0.6 is 15.9 Å². The summed E-state index contributed by atoms with van der Waals surface area (Å²) in [4.78, 5) is 12.9. The van der Waals surface area contributed by atoms with E-state index >= 15 is 0 Å². The first-order chi connectivity index (χ1) is 11.5. The lowest BCUT2D eigenvalue weighted by Crippen LogP contribution is -2.48. The summed E-state index contributed by atoms with van der Waals surface area (Å²) in [5.41, 5.74) is 4.95. The van der Waals surface area contributed by atoms with Crippen LogP contribution in [-0.4, -0.2) is 34.1 Å². The van der Waals surface area contributed by atoms with E-state index in [4.69, 9.17) is 0 Å². The molecule has 0 saturated carbocycles. The zero-order valence-corrected chi connectivity index (χ0v) is 15.1. The standard InChI is InChI=1S/C18H17BrN4O/c1-12-3-6-17-13(9-12)7-8-23(21(17)2)18(24)16-10-15-5-4-14(19)11-22(15)20-16/h3-6,9-11H,7-8H2,1-2H3. The van der Waals surface area contributed by atoms with Gasteiger partial charge in [0.1, 0.15) is 0 Å². The van der Waals surface area contributed by atoms with Gasteiger partial charge in [0.25, 0.3) is 5.91 Å². The van der Waals surface area contributed by atoms with Gasteiger partial charge in [0.2, 0.25) is 0 Å². The van der Waals surface area contributed by atoms with Crippen molar-refractivity contribution in [3.63, 3.8) is 0 Å². The van der Waals surface area contributed by atoms with E-state index in [9.17, 15) is 4.79 Å². The second kappa shape index (κ2) is 5.63. The average molecular weight is 385 g/mol. The van der Waals surface area contributed by atoms with Crippen molar-refractivity contribution in [1.82, 2.24) is 14.6 Å². The van der Waals surface area contributed by atoms with E-state index in [1.54, 1.807) is 9.52 Å². The molecule has 3 aromatic rings. The van der Waals surface area contributed by atoms with E-state index in [0.717, 1.165) is 22.1 Å². The van der Waals surface area contributed by atoms with Gasteiger partial charge in [-0.05, 0) is 59.1 Å². The third-order valence-corrected chi connectivity index (χ3v) is 4.88. The van der Waals surface area contributed by atoms with Gasteiger partial charge in [-0.2, -0.15) is 5.10 Å². The topological polar surface area (TPSA) is 40.9 Å². The Bertz CT molecular complexity index is 949. The van der Waals surface area contributed by atoms with Crippen molar-refractivity contribution < 1.29 is 4.79 Å². The van der Waals surface area contributed by atoms with E-state index < -0.39 is 0 Å². The van der Waals surface area contributed by atoms with Crippen LogP contribution < -0.4 is 5.01 Å². The van der Waals surface area contributed by atoms with Crippen molar-refractivity contribution >= 4 is 33.0 Å². The molecule has 122 valence electrons. The Morgan fingerprint density at radius 3 is 2.88 bits per heavy atom. The van der Waals surface area contributed by atoms with Crippen LogP contribution in [0.3, 0.4) is 0 Å². The number of halogens is 1. The van der Waals surface area contributed by atoms with E-state index in [0.29, 0.717) is 12.2 Å². The first kappa shape index (κ1) is 15.2. The molecule has 1 aliphatic rings. The van der Waals surface area contributed by atoms with Gasteiger partial charge >= 0.3 is 0 Å². The second-order valence-corrected chi connectivity index (χ2v) is 7.00. The van der Waals surface area contributed by atoms with Crippen molar-refractivity contribution in [3.8, 4) is 0 Å². The molecule has 2 aromatic heterocycles. The molecule has 5 nitrogen and oxygen atoms in total. The van der Waals surface area contributed by atoms with E-state index in [1.807, 2.05) is 36.5 Å². The summed E-state index contributed by atoms with van der Waals surface area (Å²) in [6, 6.07) is 12.0. The lowest BCUT2D eigenvalue weighted by Gasteiger charge is -2.38. The van der Waals surface area contributed by atoms with E-state index in [-0.39, 0.29) is 5.91 Å². The summed E-state index contributed by atoms with van der Waals surface area (Å²) < 4.78 is 2.65. The Hall–Kier alpha value is -2.34. The number of carbonyl (C=O) groups excluding carboxylic acids is 1. The summed E-state index contributed by atoms with van der Waals surface area (Å²) in [5.74, 6) is -0.0800. The summed E-state index contributed by atoms with van der Waals surface area (Å²) in [6.45, 7) is 2.75. The predicted octanol–water partition coefficient (Wildman–Crippen LogP) is 3.45. The molecule has 0 N–H and O–H groups in total. The lowest BCUT2D eigenvalue weighted by molar-refractivity contribution is 0.0732. The molecule has 0 fully saturated rings. The molecule has 3 heterocycles. The molecular formula is C18H17BrN4O. The summed E-state index contributed by atoms with van der Waals surface area (Å²) in [5, 5.41) is 8.11. The van der Waals surface area contributed by atoms with Crippen LogP contribution in [0.4, 0.5) is 5.69 Å². The maximum absolute atomic E-state index is 12.9. The minimum Gasteiger partial charge on any atom is -0.285 e. The average Bonchev–Trinajstić information content (AvgIpc) is 2.97. The second-order valence-electron chi connectivity index (χ2n) is 6.08. The molecule has 1 aromatic carbocycles. The molecular weight excluding hydrogens is 368 g/mol. The quantitative estimate of drug-likeness (QED) is 0.644. The highest BCUT2D eigenvalue weighted by Crippen LogP contribution is 2.28. The summed E-state index contributed by atoms with van der Waals surface area (Å²) >= 11 is 3.42. The first-order valence-corrected chi connectivity index (χ1v) is 8.62. The fourth-order valence-electron chi connectivity index (χ4n) is 3.17. The lowest BCUT2D eigenvalue weighted by atomic mass is 10.0. The molecule has 0 unspecified atom stereocenters. The van der Waals surface area contributed by atoms with Gasteiger partial charge in [0, 0.05) is 24.3 Å². The van der Waals surface area contributed by atoms with Crippen molar-refractivity contribution in [1.29, 1.82) is 0 Å². The van der Waals surface area contributed by atoms with Gasteiger partial charge < -0.3 is 0 Å². The molecule has 0 atom stereocenters. The van der Waals surface area contributed by atoms with Crippen LogP contribution in [0.15, 0.2) is 47.1 Å². The van der Waals surface area contributed by atoms with Gasteiger partial charge in [-0.15, -0.1) is 0 Å². The zero-order chi connectivity index (χ0) is 16.8. The molecule has 1 amide bonds. The number of aryl methyl sites for hydroxylation is 1. The van der Waals surface area contributed by atoms with Crippen LogP contribution in [0.2, 0.25) is 0 Å². The molecule has 6 heteroatoms. The minimum atomic E-state index is -0.0800. The Balaban J connectivity index is 1.67. The molecule has 1 aliphatic heterocycles. The van der Waals surface area contributed by atoms with Crippen LogP contribution in [0, 0.1) is 6.92 Å². The molecule has 4 rings (SSSR count). The SMILES string of the molecule is Cc1ccc2c(c1)CCN(C(=O)c1cc3ccc(Br)cn3n1)N2C. The van der Waals surface area contributed by atoms with Gasteiger partial charge in [-0.25, -0.2) is 9.52 Å². The number of carbonyl (C=O) groups is 1. The Labute approximate surface area is 148 Å². The molecule has 0 spiro atoms. The van der Waals surface area contributed by atoms with Gasteiger partial charge in [0.15, 0.2) is 5.69 Å². The van der Waals surface area contributed by atoms with Gasteiger partial charge in [-0.3, -0.25) is 9.80 Å². The van der Waals surface area contributed by atoms with Crippen LogP contribution in [0.25, 0.3) is 5.52 Å². The number of hydrazine groups is 1. The number of nitrogens with zero attached hydrogens (tertiary/aromatic N) is 4. The Kier molecular flexibility index (Phi) is 3.57. The number of amides is 1. The predicted molar refractivity (Wildman–Crippen MR) is 97.2 cm³/mol. The number of fused-ring (bicyclic) bond motifs is 2. The number of benzene rings is 1. The number of anilines is 1. The minimum absolute atomic E-state index is 0.0800. The van der Waals surface area contributed by atoms with Crippen LogP contribution in [0.1, 0.15) is 21.6 Å². The third kappa shape index (κ3) is 2.47. The van der Waals surface area contributed by atoms with Gasteiger partial charge in [0.05, 0.1) is 11.2 Å². The normalized spacial score (nSPS) is 14.1. The highest BCUT2D eigenvalue weighted by Gasteiger charge is 2.27. The fraction of sp³-hybridized carbons (Fsp3) is 0.222. The highest BCUT2D eigenvalue weighted by molar-refractivity contribution is 9.10. The van der Waals surface area contributed by atoms with Crippen molar-refractivity contribution in [3.05, 3.63) is 63.9 Å². The molecule has 0 saturated heterocycles. The van der Waals surface area contributed by atoms with Gasteiger partial charge in [-0.1, -0.05) is 17.7 Å². The van der Waals surface area contributed by atoms with Crippen LogP contribution in [0.5, 0.6) is 0 Å². The summed E-state index contributed by atoms with van der Waals surface area (Å²) in [7, 11) is 1.93. The smallest absolute Gasteiger partial charge is 0.285 e. The molecule has 0 aliphatic carbocycles. The third-order valence-electron chi connectivity index (χ3n) is 4.42. The van der Waals surface area contributed by atoms with Crippen molar-refractivity contribution in [2.45, 2.75) is 13.3 Å². The molecule has 24 heavy (non-hydrogen) atoms. The fourth-order valence-corrected chi connectivity index (χ4v) is 3.50. The van der Waals surface area contributed by atoms with Crippen molar-refractivity contribution in [2.75, 3.05) is 18.6 Å². The van der Waals surface area contributed by atoms with Crippen molar-refractivity contribution in [2.24, 2.45) is 0 Å². The highest BCUT2D eigenvalue weighted by atomic mass is 79.9. The molecule has 0 bridgehead atoms. The number of rotatable bonds is 1. The largest absolute Gasteiger partial charge is 0.292 e. The Morgan fingerprint density at radius 1 is 1.21 bits per heavy atom. The zero-order valence-electron chi connectivity index (χ0n) is 13.5. The number of pyridine rings is 1. The van der Waals surface area contributed by atoms with Crippen LogP contribution in [-0.2, 0) is 6.42 Å². The maximum atomic E-state index is 12.9. The number of aromatic nitrogens is 2. The monoisotopic (exact) mass is 384 g/mol. The van der Waals surface area contributed by atoms with E-state index in [1.165, 1.54) is 11.1 Å². The van der Waals surface area contributed by atoms with E-state index in [2.05, 4.69) is 46.2 Å². The maximum Gasteiger partial charge on any atom is 0.292 e. The number of hydrogen-bond donors (Lipinski definition) is 0. The Morgan fingerprint density at radius 2 is 2.04 bits per heavy atom. The molecule has 0 radical (unpaired) electrons. The number of hydrogen-bond acceptors (Lipinski definition) is 3. The summed E-state index contributed by atoms with van der Waals surface area (Å²) in [6.07, 6.45) is 2.70.